The molecule has 0 aromatic heterocycles. The molecule has 0 aliphatic heterocycles. The standard InChI is InChI=1S/C10H17F3NO5P/c1-6(2)18-20(16,19-7(3)4)8(10(11,12)13)14-9(15)17-5/h6-7H,1-5H3/b14-8+. The maximum atomic E-state index is 12.9. The number of carbonyl (C=O) groups excluding carboxylic acids is 1. The highest BCUT2D eigenvalue weighted by Crippen LogP contribution is 2.56. The number of methoxy groups -OCH3 is 1. The van der Waals surface area contributed by atoms with E-state index < -0.39 is 37.5 Å². The molecule has 0 N–H and O–H groups in total. The molecule has 0 aromatic rings. The first-order valence-electron chi connectivity index (χ1n) is 5.63. The van der Waals surface area contributed by atoms with E-state index in [1.54, 1.807) is 0 Å². The fraction of sp³-hybridized carbons (Fsp3) is 0.800. The van der Waals surface area contributed by atoms with E-state index in [1.807, 2.05) is 0 Å². The quantitative estimate of drug-likeness (QED) is 0.570. The summed E-state index contributed by atoms with van der Waals surface area (Å²) < 4.78 is 64.7. The Kier molecular flexibility index (Phi) is 6.86. The van der Waals surface area contributed by atoms with E-state index in [9.17, 15) is 22.5 Å². The number of carbonyl (C=O) groups is 1. The maximum absolute atomic E-state index is 12.9. The van der Waals surface area contributed by atoms with E-state index in [4.69, 9.17) is 9.05 Å². The van der Waals surface area contributed by atoms with Crippen molar-refractivity contribution >= 4 is 19.1 Å². The van der Waals surface area contributed by atoms with E-state index in [1.165, 1.54) is 27.7 Å². The monoisotopic (exact) mass is 319 g/mol. The molecule has 118 valence electrons. The predicted molar refractivity (Wildman–Crippen MR) is 65.9 cm³/mol. The van der Waals surface area contributed by atoms with Crippen LogP contribution in [0.1, 0.15) is 27.7 Å². The number of hydrogen-bond acceptors (Lipinski definition) is 5. The van der Waals surface area contributed by atoms with Gasteiger partial charge < -0.3 is 13.8 Å². The minimum absolute atomic E-state index is 0.829. The first-order chi connectivity index (χ1) is 8.92. The summed E-state index contributed by atoms with van der Waals surface area (Å²) in [6, 6.07) is 0. The molecular weight excluding hydrogens is 302 g/mol. The van der Waals surface area contributed by atoms with Gasteiger partial charge in [0.15, 0.2) is 0 Å². The summed E-state index contributed by atoms with van der Waals surface area (Å²) >= 11 is 0. The lowest BCUT2D eigenvalue weighted by atomic mass is 10.5. The van der Waals surface area contributed by atoms with Gasteiger partial charge in [-0.05, 0) is 27.7 Å². The van der Waals surface area contributed by atoms with E-state index in [0.29, 0.717) is 0 Å². The molecule has 0 rings (SSSR count). The van der Waals surface area contributed by atoms with Crippen molar-refractivity contribution in [1.82, 2.24) is 0 Å². The highest BCUT2D eigenvalue weighted by molar-refractivity contribution is 7.72. The van der Waals surface area contributed by atoms with Crippen molar-refractivity contribution in [3.05, 3.63) is 0 Å². The summed E-state index contributed by atoms with van der Waals surface area (Å²) in [5.74, 6) is 0. The average molecular weight is 319 g/mol. The topological polar surface area (TPSA) is 74.2 Å². The van der Waals surface area contributed by atoms with Gasteiger partial charge in [0.05, 0.1) is 19.3 Å². The SMILES string of the molecule is COC(=O)/N=C(\C(F)(F)F)P(=O)(OC(C)C)OC(C)C. The second-order valence-electron chi connectivity index (χ2n) is 4.21. The molecule has 0 heterocycles. The minimum Gasteiger partial charge on any atom is -0.451 e. The van der Waals surface area contributed by atoms with Gasteiger partial charge in [-0.2, -0.15) is 18.2 Å². The third-order valence-corrected chi connectivity index (χ3v) is 3.85. The zero-order chi connectivity index (χ0) is 16.1. The van der Waals surface area contributed by atoms with Crippen LogP contribution in [0.4, 0.5) is 18.0 Å². The number of aliphatic imine (C=N–C) groups is 1. The van der Waals surface area contributed by atoms with Gasteiger partial charge in [0.2, 0.25) is 5.45 Å². The van der Waals surface area contributed by atoms with Crippen LogP contribution in [0.15, 0.2) is 4.99 Å². The fourth-order valence-corrected chi connectivity index (χ4v) is 2.97. The van der Waals surface area contributed by atoms with Crippen LogP contribution in [0.5, 0.6) is 0 Å². The van der Waals surface area contributed by atoms with Crippen LogP contribution in [0, 0.1) is 0 Å². The number of rotatable bonds is 5. The van der Waals surface area contributed by atoms with E-state index in [2.05, 4.69) is 9.73 Å². The van der Waals surface area contributed by atoms with Crippen molar-refractivity contribution in [2.45, 2.75) is 46.1 Å². The summed E-state index contributed by atoms with van der Waals surface area (Å²) in [6.45, 7) is 5.51. The Morgan fingerprint density at radius 2 is 1.50 bits per heavy atom. The number of ether oxygens (including phenoxy) is 1. The smallest absolute Gasteiger partial charge is 0.441 e. The molecule has 0 aliphatic carbocycles. The highest BCUT2D eigenvalue weighted by atomic mass is 31.2. The second-order valence-corrected chi connectivity index (χ2v) is 6.05. The molecule has 0 saturated heterocycles. The molecule has 20 heavy (non-hydrogen) atoms. The first-order valence-corrected chi connectivity index (χ1v) is 7.18. The minimum atomic E-state index is -5.16. The van der Waals surface area contributed by atoms with Crippen molar-refractivity contribution in [2.24, 2.45) is 4.99 Å². The van der Waals surface area contributed by atoms with E-state index >= 15 is 0 Å². The van der Waals surface area contributed by atoms with Gasteiger partial charge in [0.25, 0.3) is 0 Å². The molecule has 0 saturated carbocycles. The summed E-state index contributed by atoms with van der Waals surface area (Å²) in [4.78, 5) is 13.6. The molecule has 0 radical (unpaired) electrons. The van der Waals surface area contributed by atoms with Crippen molar-refractivity contribution in [1.29, 1.82) is 0 Å². The van der Waals surface area contributed by atoms with Gasteiger partial charge in [-0.25, -0.2) is 4.79 Å². The molecule has 0 spiro atoms. The zero-order valence-corrected chi connectivity index (χ0v) is 12.6. The number of halogens is 3. The molecule has 0 aromatic carbocycles. The van der Waals surface area contributed by atoms with E-state index in [0.717, 1.165) is 7.11 Å². The van der Waals surface area contributed by atoms with Crippen molar-refractivity contribution in [3.63, 3.8) is 0 Å². The molecule has 0 aliphatic rings. The second kappa shape index (κ2) is 7.19. The predicted octanol–water partition coefficient (Wildman–Crippen LogP) is 3.76. The molecule has 10 heteroatoms. The lowest BCUT2D eigenvalue weighted by Gasteiger charge is -2.24. The van der Waals surface area contributed by atoms with Gasteiger partial charge >= 0.3 is 19.9 Å². The molecule has 0 atom stereocenters. The van der Waals surface area contributed by atoms with Crippen LogP contribution in [0.25, 0.3) is 0 Å². The zero-order valence-electron chi connectivity index (χ0n) is 11.7. The molecule has 0 bridgehead atoms. The Labute approximate surface area is 114 Å². The van der Waals surface area contributed by atoms with Crippen molar-refractivity contribution in [2.75, 3.05) is 7.11 Å². The molecule has 0 fully saturated rings. The molecule has 6 nitrogen and oxygen atoms in total. The average Bonchev–Trinajstić information content (AvgIpc) is 2.21. The van der Waals surface area contributed by atoms with Gasteiger partial charge in [-0.1, -0.05) is 0 Å². The number of alkyl halides is 3. The van der Waals surface area contributed by atoms with Crippen LogP contribution < -0.4 is 0 Å². The largest absolute Gasteiger partial charge is 0.451 e. The lowest BCUT2D eigenvalue weighted by Crippen LogP contribution is -2.28. The lowest BCUT2D eigenvalue weighted by molar-refractivity contribution is -0.0578. The van der Waals surface area contributed by atoms with Gasteiger partial charge in [-0.3, -0.25) is 4.57 Å². The third-order valence-electron chi connectivity index (χ3n) is 1.58. The van der Waals surface area contributed by atoms with Gasteiger partial charge in [0.1, 0.15) is 0 Å². The van der Waals surface area contributed by atoms with Crippen molar-refractivity contribution in [3.8, 4) is 0 Å². The Morgan fingerprint density at radius 3 is 1.75 bits per heavy atom. The Balaban J connectivity index is 5.83. The summed E-state index contributed by atoms with van der Waals surface area (Å²) in [7, 11) is -3.96. The van der Waals surface area contributed by atoms with Crippen LogP contribution >= 0.6 is 7.60 Å². The van der Waals surface area contributed by atoms with Crippen LogP contribution in [0.2, 0.25) is 0 Å². The Hall–Kier alpha value is -0.920. The summed E-state index contributed by atoms with van der Waals surface area (Å²) in [5.41, 5.74) is -1.93. The van der Waals surface area contributed by atoms with E-state index in [-0.39, 0.29) is 0 Å². The first kappa shape index (κ1) is 19.1. The number of amides is 1. The molecule has 0 unspecified atom stereocenters. The third kappa shape index (κ3) is 6.02. The number of nitrogens with zero attached hydrogens (tertiary/aromatic N) is 1. The maximum Gasteiger partial charge on any atom is 0.441 e. The number of hydrogen-bond donors (Lipinski definition) is 0. The van der Waals surface area contributed by atoms with Gasteiger partial charge in [-0.15, -0.1) is 0 Å². The van der Waals surface area contributed by atoms with Crippen molar-refractivity contribution < 1.29 is 36.3 Å². The summed E-state index contributed by atoms with van der Waals surface area (Å²) in [6.07, 6.45) is -8.36. The van der Waals surface area contributed by atoms with Crippen LogP contribution in [-0.2, 0) is 18.3 Å². The highest BCUT2D eigenvalue weighted by Gasteiger charge is 2.52. The normalized spacial score (nSPS) is 14.0. The molecule has 1 amide bonds. The van der Waals surface area contributed by atoms with Crippen LogP contribution in [-0.4, -0.2) is 37.0 Å². The fourth-order valence-electron chi connectivity index (χ4n) is 1.09. The van der Waals surface area contributed by atoms with Gasteiger partial charge in [0, 0.05) is 0 Å². The molecular formula is C10H17F3NO5P. The Bertz CT molecular complexity index is 406. The Morgan fingerprint density at radius 1 is 1.10 bits per heavy atom. The van der Waals surface area contributed by atoms with Crippen LogP contribution in [0.3, 0.4) is 0 Å². The summed E-state index contributed by atoms with van der Waals surface area (Å²) in [5, 5.41) is 0.